The maximum atomic E-state index is 13.2. The molecule has 9 heteroatoms. The van der Waals surface area contributed by atoms with Crippen LogP contribution < -0.4 is 4.74 Å². The van der Waals surface area contributed by atoms with Crippen molar-refractivity contribution in [1.82, 2.24) is 14.8 Å². The van der Waals surface area contributed by atoms with Crippen LogP contribution in [0.3, 0.4) is 0 Å². The summed E-state index contributed by atoms with van der Waals surface area (Å²) in [6.45, 7) is 11.0. The number of piperidine rings is 1. The van der Waals surface area contributed by atoms with Crippen molar-refractivity contribution < 1.29 is 28.2 Å². The van der Waals surface area contributed by atoms with Gasteiger partial charge in [0.1, 0.15) is 18.0 Å². The van der Waals surface area contributed by atoms with Gasteiger partial charge in [-0.15, -0.1) is 0 Å². The van der Waals surface area contributed by atoms with E-state index in [4.69, 9.17) is 14.2 Å². The molecule has 33 heavy (non-hydrogen) atoms. The molecule has 0 aromatic carbocycles. The molecule has 0 bridgehead atoms. The Balaban J connectivity index is 1.72. The lowest BCUT2D eigenvalue weighted by atomic mass is 9.78. The van der Waals surface area contributed by atoms with Crippen LogP contribution in [-0.4, -0.2) is 71.5 Å². The zero-order valence-corrected chi connectivity index (χ0v) is 19.7. The molecule has 1 aliphatic carbocycles. The first-order valence-corrected chi connectivity index (χ1v) is 11.4. The van der Waals surface area contributed by atoms with Crippen molar-refractivity contribution in [2.24, 2.45) is 5.41 Å². The topological polar surface area (TPSA) is 81.2 Å². The first kappa shape index (κ1) is 24.8. The maximum absolute atomic E-state index is 13.2. The fourth-order valence-corrected chi connectivity index (χ4v) is 3.82. The van der Waals surface area contributed by atoms with E-state index >= 15 is 0 Å². The number of carbonyl (C=O) groups excluding carboxylic acids is 2. The van der Waals surface area contributed by atoms with E-state index in [0.717, 1.165) is 19.0 Å². The molecule has 1 saturated carbocycles. The van der Waals surface area contributed by atoms with Crippen molar-refractivity contribution in [3.8, 4) is 5.88 Å². The van der Waals surface area contributed by atoms with E-state index in [-0.39, 0.29) is 31.4 Å². The molecule has 182 valence electrons. The first-order chi connectivity index (χ1) is 15.6. The number of likely N-dealkylation sites (tertiary alicyclic amines) is 1. The van der Waals surface area contributed by atoms with Crippen LogP contribution in [0.1, 0.15) is 46.5 Å². The largest absolute Gasteiger partial charge is 0.477 e. The van der Waals surface area contributed by atoms with E-state index in [9.17, 15) is 14.0 Å². The minimum Gasteiger partial charge on any atom is -0.477 e. The number of carbonyl (C=O) groups is 2. The third-order valence-electron chi connectivity index (χ3n) is 5.75. The smallest absolute Gasteiger partial charge is 0.410 e. The van der Waals surface area contributed by atoms with E-state index in [0.29, 0.717) is 38.4 Å². The van der Waals surface area contributed by atoms with E-state index < -0.39 is 16.8 Å². The maximum Gasteiger partial charge on any atom is 0.410 e. The highest BCUT2D eigenvalue weighted by molar-refractivity contribution is 5.69. The highest BCUT2D eigenvalue weighted by Crippen LogP contribution is 2.38. The van der Waals surface area contributed by atoms with Crippen LogP contribution >= 0.6 is 0 Å². The van der Waals surface area contributed by atoms with Gasteiger partial charge in [0.15, 0.2) is 0 Å². The van der Waals surface area contributed by atoms with Gasteiger partial charge in [-0.25, -0.2) is 19.0 Å². The third-order valence-corrected chi connectivity index (χ3v) is 5.75. The molecule has 0 unspecified atom stereocenters. The Hall–Kier alpha value is -2.84. The number of hydrogen-bond acceptors (Lipinski definition) is 6. The lowest BCUT2D eigenvalue weighted by molar-refractivity contribution is -0.00878. The lowest BCUT2D eigenvalue weighted by Gasteiger charge is -2.43. The standard InChI is InChI=1S/C24H34FN3O5/c1-5-14-31-22(30)28(19-7-8-19)16-24(17-32-20-9-6-18(25)15-26-20)10-12-27(13-11-24)21(29)33-23(2,3)4/h5-6,9,15,19H,1,7-8,10-14,16-17H2,2-4H3. The van der Waals surface area contributed by atoms with Crippen LogP contribution in [0.2, 0.25) is 0 Å². The molecule has 3 rings (SSSR count). The summed E-state index contributed by atoms with van der Waals surface area (Å²) < 4.78 is 30.0. The Bertz CT molecular complexity index is 827. The molecule has 0 N–H and O–H groups in total. The van der Waals surface area contributed by atoms with Gasteiger partial charge in [0.05, 0.1) is 12.8 Å². The summed E-state index contributed by atoms with van der Waals surface area (Å²) in [4.78, 5) is 32.7. The molecule has 0 atom stereocenters. The minimum absolute atomic E-state index is 0.145. The van der Waals surface area contributed by atoms with E-state index in [1.165, 1.54) is 12.1 Å². The Labute approximate surface area is 194 Å². The number of aromatic nitrogens is 1. The second-order valence-corrected chi connectivity index (χ2v) is 9.80. The highest BCUT2D eigenvalue weighted by Gasteiger charge is 2.44. The monoisotopic (exact) mass is 463 g/mol. The summed E-state index contributed by atoms with van der Waals surface area (Å²) in [5.41, 5.74) is -0.981. The zero-order valence-electron chi connectivity index (χ0n) is 19.7. The Morgan fingerprint density at radius 1 is 1.30 bits per heavy atom. The van der Waals surface area contributed by atoms with Gasteiger partial charge in [-0.3, -0.25) is 0 Å². The van der Waals surface area contributed by atoms with Crippen LogP contribution in [-0.2, 0) is 9.47 Å². The number of pyridine rings is 1. The summed E-state index contributed by atoms with van der Waals surface area (Å²) >= 11 is 0. The fourth-order valence-electron chi connectivity index (χ4n) is 3.82. The van der Waals surface area contributed by atoms with Gasteiger partial charge in [0, 0.05) is 37.2 Å². The molecule has 1 aromatic heterocycles. The van der Waals surface area contributed by atoms with Gasteiger partial charge >= 0.3 is 12.2 Å². The van der Waals surface area contributed by atoms with Crippen molar-refractivity contribution in [1.29, 1.82) is 0 Å². The van der Waals surface area contributed by atoms with Gasteiger partial charge in [-0.2, -0.15) is 0 Å². The molecule has 1 aliphatic heterocycles. The van der Waals surface area contributed by atoms with Crippen LogP contribution in [0.25, 0.3) is 0 Å². The quantitative estimate of drug-likeness (QED) is 0.532. The number of rotatable bonds is 8. The van der Waals surface area contributed by atoms with Gasteiger partial charge in [0.25, 0.3) is 0 Å². The molecule has 2 aliphatic rings. The molecule has 0 radical (unpaired) electrons. The Kier molecular flexibility index (Phi) is 7.81. The average Bonchev–Trinajstić information content (AvgIpc) is 3.60. The first-order valence-electron chi connectivity index (χ1n) is 11.4. The second kappa shape index (κ2) is 10.4. The van der Waals surface area contributed by atoms with Gasteiger partial charge in [-0.1, -0.05) is 12.7 Å². The van der Waals surface area contributed by atoms with Crippen molar-refractivity contribution in [2.75, 3.05) is 32.8 Å². The Morgan fingerprint density at radius 3 is 2.55 bits per heavy atom. The number of nitrogens with zero attached hydrogens (tertiary/aromatic N) is 3. The normalized spacial score (nSPS) is 17.8. The Morgan fingerprint density at radius 2 is 2.00 bits per heavy atom. The molecule has 2 heterocycles. The van der Waals surface area contributed by atoms with Gasteiger partial charge < -0.3 is 24.0 Å². The summed E-state index contributed by atoms with van der Waals surface area (Å²) in [6, 6.07) is 2.92. The molecule has 0 spiro atoms. The third kappa shape index (κ3) is 7.33. The van der Waals surface area contributed by atoms with E-state index in [2.05, 4.69) is 11.6 Å². The molecule has 2 fully saturated rings. The summed E-state index contributed by atoms with van der Waals surface area (Å²) in [7, 11) is 0. The highest BCUT2D eigenvalue weighted by atomic mass is 19.1. The molecule has 2 amide bonds. The fraction of sp³-hybridized carbons (Fsp3) is 0.625. The summed E-state index contributed by atoms with van der Waals surface area (Å²) in [5.74, 6) is -0.120. The number of hydrogen-bond donors (Lipinski definition) is 0. The molecule has 1 aromatic rings. The lowest BCUT2D eigenvalue weighted by Crippen LogP contribution is -2.52. The van der Waals surface area contributed by atoms with Gasteiger partial charge in [-0.05, 0) is 52.5 Å². The van der Waals surface area contributed by atoms with Crippen LogP contribution in [0, 0.1) is 11.2 Å². The number of halogens is 1. The molecule has 8 nitrogen and oxygen atoms in total. The second-order valence-electron chi connectivity index (χ2n) is 9.80. The van der Waals surface area contributed by atoms with Crippen LogP contribution in [0.5, 0.6) is 5.88 Å². The van der Waals surface area contributed by atoms with Crippen molar-refractivity contribution >= 4 is 12.2 Å². The summed E-state index contributed by atoms with van der Waals surface area (Å²) in [6.07, 6.45) is 5.04. The summed E-state index contributed by atoms with van der Waals surface area (Å²) in [5, 5.41) is 0. The number of amides is 2. The predicted octanol–water partition coefficient (Wildman–Crippen LogP) is 4.40. The van der Waals surface area contributed by atoms with Crippen molar-refractivity contribution in [2.45, 2.75) is 58.1 Å². The minimum atomic E-state index is -0.569. The van der Waals surface area contributed by atoms with Crippen LogP contribution in [0.15, 0.2) is 31.0 Å². The molecular weight excluding hydrogens is 429 g/mol. The predicted molar refractivity (Wildman–Crippen MR) is 120 cm³/mol. The van der Waals surface area contributed by atoms with Crippen LogP contribution in [0.4, 0.5) is 14.0 Å². The van der Waals surface area contributed by atoms with E-state index in [1.807, 2.05) is 20.8 Å². The average molecular weight is 464 g/mol. The van der Waals surface area contributed by atoms with E-state index in [1.54, 1.807) is 15.9 Å². The van der Waals surface area contributed by atoms with Crippen molar-refractivity contribution in [3.05, 3.63) is 36.8 Å². The zero-order chi connectivity index (χ0) is 24.1. The molecular formula is C24H34FN3O5. The SMILES string of the molecule is C=CCOC(=O)N(CC1(COc2ccc(F)cn2)CCN(C(=O)OC(C)(C)C)CC1)C1CC1. The van der Waals surface area contributed by atoms with Crippen molar-refractivity contribution in [3.63, 3.8) is 0 Å². The molecule has 1 saturated heterocycles. The van der Waals surface area contributed by atoms with Gasteiger partial charge in [0.2, 0.25) is 5.88 Å². The number of ether oxygens (including phenoxy) is 3.